The number of halogens is 1. The first-order valence-electron chi connectivity index (χ1n) is 7.16. The smallest absolute Gasteiger partial charge is 0.249 e. The Hall–Kier alpha value is -1.59. The summed E-state index contributed by atoms with van der Waals surface area (Å²) in [6.07, 6.45) is 0.635. The van der Waals surface area contributed by atoms with Crippen molar-refractivity contribution >= 4 is 29.1 Å². The highest BCUT2D eigenvalue weighted by atomic mass is 35.5. The predicted molar refractivity (Wildman–Crippen MR) is 83.4 cm³/mol. The standard InChI is InChI=1S/C15H20ClN3O2/c1-3-13-15(21)18-14(20)9-19(13)11-6-5-10(8-17-4-2)12(16)7-11/h5-7,13,17H,3-4,8-9H2,1-2H3,(H,18,20,21). The van der Waals surface area contributed by atoms with Gasteiger partial charge in [-0.25, -0.2) is 0 Å². The Morgan fingerprint density at radius 2 is 2.14 bits per heavy atom. The molecule has 2 amide bonds. The van der Waals surface area contributed by atoms with Crippen LogP contribution in [0.15, 0.2) is 18.2 Å². The molecule has 1 aromatic rings. The van der Waals surface area contributed by atoms with Gasteiger partial charge in [0, 0.05) is 17.3 Å². The summed E-state index contributed by atoms with van der Waals surface area (Å²) in [6, 6.07) is 5.33. The van der Waals surface area contributed by atoms with E-state index in [1.165, 1.54) is 0 Å². The van der Waals surface area contributed by atoms with Crippen molar-refractivity contribution in [2.45, 2.75) is 32.9 Å². The van der Waals surface area contributed by atoms with Crippen molar-refractivity contribution < 1.29 is 9.59 Å². The maximum atomic E-state index is 11.9. The van der Waals surface area contributed by atoms with Gasteiger partial charge >= 0.3 is 0 Å². The van der Waals surface area contributed by atoms with Crippen molar-refractivity contribution in [3.8, 4) is 0 Å². The van der Waals surface area contributed by atoms with E-state index < -0.39 is 0 Å². The second kappa shape index (κ2) is 6.91. The first-order valence-corrected chi connectivity index (χ1v) is 7.54. The Kier molecular flexibility index (Phi) is 5.20. The van der Waals surface area contributed by atoms with Crippen molar-refractivity contribution in [3.63, 3.8) is 0 Å². The van der Waals surface area contributed by atoms with Gasteiger partial charge in [0.1, 0.15) is 6.04 Å². The lowest BCUT2D eigenvalue weighted by Gasteiger charge is -2.35. The van der Waals surface area contributed by atoms with Crippen LogP contribution in [0.4, 0.5) is 5.69 Å². The fraction of sp³-hybridized carbons (Fsp3) is 0.467. The topological polar surface area (TPSA) is 61.4 Å². The Morgan fingerprint density at radius 3 is 2.76 bits per heavy atom. The molecule has 1 heterocycles. The van der Waals surface area contributed by atoms with Crippen LogP contribution in [0, 0.1) is 0 Å². The van der Waals surface area contributed by atoms with E-state index in [2.05, 4.69) is 10.6 Å². The van der Waals surface area contributed by atoms with Gasteiger partial charge in [0.2, 0.25) is 11.8 Å². The lowest BCUT2D eigenvalue weighted by molar-refractivity contribution is -0.132. The molecule has 21 heavy (non-hydrogen) atoms. The van der Waals surface area contributed by atoms with Crippen LogP contribution in [-0.2, 0) is 16.1 Å². The van der Waals surface area contributed by atoms with Crippen LogP contribution in [0.2, 0.25) is 5.02 Å². The SMILES string of the molecule is CCNCc1ccc(N2CC(=O)NC(=O)C2CC)cc1Cl. The molecule has 5 nitrogen and oxygen atoms in total. The number of nitrogens with zero attached hydrogens (tertiary/aromatic N) is 1. The molecular formula is C15H20ClN3O2. The maximum absolute atomic E-state index is 11.9. The van der Waals surface area contributed by atoms with E-state index in [9.17, 15) is 9.59 Å². The van der Waals surface area contributed by atoms with Gasteiger partial charge < -0.3 is 10.2 Å². The zero-order valence-corrected chi connectivity index (χ0v) is 13.0. The number of rotatable bonds is 5. The highest BCUT2D eigenvalue weighted by Gasteiger charge is 2.32. The predicted octanol–water partition coefficient (Wildman–Crippen LogP) is 1.69. The molecule has 1 unspecified atom stereocenters. The third kappa shape index (κ3) is 3.54. The number of anilines is 1. The lowest BCUT2D eigenvalue weighted by Crippen LogP contribution is -2.58. The number of imide groups is 1. The minimum atomic E-state index is -0.335. The summed E-state index contributed by atoms with van der Waals surface area (Å²) >= 11 is 6.30. The molecule has 1 fully saturated rings. The first-order chi connectivity index (χ1) is 10.1. The Balaban J connectivity index is 2.25. The van der Waals surface area contributed by atoms with E-state index in [1.54, 1.807) is 0 Å². The van der Waals surface area contributed by atoms with Crippen molar-refractivity contribution in [1.82, 2.24) is 10.6 Å². The number of carbonyl (C=O) groups excluding carboxylic acids is 2. The van der Waals surface area contributed by atoms with E-state index in [4.69, 9.17) is 11.6 Å². The highest BCUT2D eigenvalue weighted by Crippen LogP contribution is 2.26. The van der Waals surface area contributed by atoms with Crippen LogP contribution in [0.1, 0.15) is 25.8 Å². The van der Waals surface area contributed by atoms with Crippen molar-refractivity contribution in [3.05, 3.63) is 28.8 Å². The van der Waals surface area contributed by atoms with Crippen LogP contribution in [0.5, 0.6) is 0 Å². The summed E-state index contributed by atoms with van der Waals surface area (Å²) in [5.41, 5.74) is 1.80. The molecule has 2 rings (SSSR count). The highest BCUT2D eigenvalue weighted by molar-refractivity contribution is 6.31. The number of piperazine rings is 1. The number of hydrogen-bond donors (Lipinski definition) is 2. The molecule has 0 radical (unpaired) electrons. The summed E-state index contributed by atoms with van der Waals surface area (Å²) < 4.78 is 0. The van der Waals surface area contributed by atoms with Crippen molar-refractivity contribution in [1.29, 1.82) is 0 Å². The van der Waals surface area contributed by atoms with Crippen LogP contribution < -0.4 is 15.5 Å². The number of carbonyl (C=O) groups is 2. The number of amides is 2. The van der Waals surface area contributed by atoms with E-state index in [0.29, 0.717) is 18.0 Å². The monoisotopic (exact) mass is 309 g/mol. The average Bonchev–Trinajstić information content (AvgIpc) is 2.45. The molecule has 6 heteroatoms. The van der Waals surface area contributed by atoms with E-state index in [1.807, 2.05) is 36.9 Å². The quantitative estimate of drug-likeness (QED) is 0.813. The minimum Gasteiger partial charge on any atom is -0.350 e. The van der Waals surface area contributed by atoms with Crippen molar-refractivity contribution in [2.24, 2.45) is 0 Å². The molecule has 0 aromatic heterocycles. The molecular weight excluding hydrogens is 290 g/mol. The van der Waals surface area contributed by atoms with Gasteiger partial charge in [-0.1, -0.05) is 31.5 Å². The van der Waals surface area contributed by atoms with Crippen LogP contribution in [0.3, 0.4) is 0 Å². The Morgan fingerprint density at radius 1 is 1.38 bits per heavy atom. The molecule has 1 saturated heterocycles. The molecule has 1 aliphatic rings. The lowest BCUT2D eigenvalue weighted by atomic mass is 10.1. The minimum absolute atomic E-state index is 0.174. The fourth-order valence-electron chi connectivity index (χ4n) is 2.46. The Bertz CT molecular complexity index is 548. The van der Waals surface area contributed by atoms with Gasteiger partial charge in [-0.3, -0.25) is 14.9 Å². The molecule has 1 aromatic carbocycles. The molecule has 2 N–H and O–H groups in total. The second-order valence-corrected chi connectivity index (χ2v) is 5.43. The fourth-order valence-corrected chi connectivity index (χ4v) is 2.70. The van der Waals surface area contributed by atoms with Gasteiger partial charge in [-0.15, -0.1) is 0 Å². The average molecular weight is 310 g/mol. The van der Waals surface area contributed by atoms with Crippen LogP contribution >= 0.6 is 11.6 Å². The van der Waals surface area contributed by atoms with Crippen molar-refractivity contribution in [2.75, 3.05) is 18.0 Å². The molecule has 1 atom stereocenters. The van der Waals surface area contributed by atoms with Gasteiger partial charge in [0.25, 0.3) is 0 Å². The summed E-state index contributed by atoms with van der Waals surface area (Å²) in [5.74, 6) is -0.529. The van der Waals surface area contributed by atoms with Gasteiger partial charge in [-0.2, -0.15) is 0 Å². The molecule has 1 aliphatic heterocycles. The van der Waals surface area contributed by atoms with Gasteiger partial charge in [-0.05, 0) is 30.7 Å². The molecule has 0 spiro atoms. The van der Waals surface area contributed by atoms with E-state index in [-0.39, 0.29) is 24.4 Å². The molecule has 114 valence electrons. The third-order valence-corrected chi connectivity index (χ3v) is 3.93. The summed E-state index contributed by atoms with van der Waals surface area (Å²) in [7, 11) is 0. The summed E-state index contributed by atoms with van der Waals surface area (Å²) in [5, 5.41) is 6.23. The zero-order chi connectivity index (χ0) is 15.4. The largest absolute Gasteiger partial charge is 0.350 e. The van der Waals surface area contributed by atoms with Crippen LogP contribution in [-0.4, -0.2) is 30.9 Å². The van der Waals surface area contributed by atoms with E-state index in [0.717, 1.165) is 17.8 Å². The molecule has 0 bridgehead atoms. The van der Waals surface area contributed by atoms with Gasteiger partial charge in [0.15, 0.2) is 0 Å². The Labute approximate surface area is 129 Å². The first kappa shape index (κ1) is 15.8. The van der Waals surface area contributed by atoms with E-state index >= 15 is 0 Å². The zero-order valence-electron chi connectivity index (χ0n) is 12.3. The summed E-state index contributed by atoms with van der Waals surface area (Å²) in [6.45, 7) is 5.70. The molecule has 0 saturated carbocycles. The van der Waals surface area contributed by atoms with Gasteiger partial charge in [0.05, 0.1) is 6.54 Å². The van der Waals surface area contributed by atoms with Crippen LogP contribution in [0.25, 0.3) is 0 Å². The number of nitrogens with one attached hydrogen (secondary N) is 2. The number of hydrogen-bond acceptors (Lipinski definition) is 4. The maximum Gasteiger partial charge on any atom is 0.249 e. The molecule has 0 aliphatic carbocycles. The second-order valence-electron chi connectivity index (χ2n) is 5.02. The third-order valence-electron chi connectivity index (χ3n) is 3.58. The summed E-state index contributed by atoms with van der Waals surface area (Å²) in [4.78, 5) is 25.3. The number of benzene rings is 1. The normalized spacial score (nSPS) is 18.8.